The lowest BCUT2D eigenvalue weighted by Gasteiger charge is -2.36. The number of fused-ring (bicyclic) bond motifs is 1. The highest BCUT2D eigenvalue weighted by Gasteiger charge is 2.33. The number of rotatable bonds is 7. The maximum atomic E-state index is 13.5. The fourth-order valence-electron chi connectivity index (χ4n) is 4.59. The molecule has 33 heavy (non-hydrogen) atoms. The molecule has 4 heterocycles. The molecular formula is C24H30N4O3S2. The number of amides is 1. The van der Waals surface area contributed by atoms with Crippen molar-refractivity contribution < 1.29 is 9.53 Å². The first-order valence-electron chi connectivity index (χ1n) is 11.5. The summed E-state index contributed by atoms with van der Waals surface area (Å²) in [4.78, 5) is 35.8. The summed E-state index contributed by atoms with van der Waals surface area (Å²) in [5.74, 6) is 1.49. The molecular weight excluding hydrogens is 456 g/mol. The summed E-state index contributed by atoms with van der Waals surface area (Å²) in [5, 5.41) is 0. The average molecular weight is 487 g/mol. The molecule has 1 amide bonds. The Labute approximate surface area is 203 Å². The van der Waals surface area contributed by atoms with Gasteiger partial charge in [-0.3, -0.25) is 18.9 Å². The molecule has 0 saturated carbocycles. The molecule has 0 aliphatic carbocycles. The van der Waals surface area contributed by atoms with Crippen molar-refractivity contribution >= 4 is 51.7 Å². The Hall–Kier alpha value is -2.23. The summed E-state index contributed by atoms with van der Waals surface area (Å²) >= 11 is 6.71. The van der Waals surface area contributed by atoms with E-state index in [9.17, 15) is 9.59 Å². The number of thioether (sulfide) groups is 1. The smallest absolute Gasteiger partial charge is 0.267 e. The fourth-order valence-corrected chi connectivity index (χ4v) is 5.88. The minimum absolute atomic E-state index is 0.162. The van der Waals surface area contributed by atoms with E-state index < -0.39 is 0 Å². The Balaban J connectivity index is 1.73. The van der Waals surface area contributed by atoms with Crippen molar-refractivity contribution in [2.75, 3.05) is 37.7 Å². The Morgan fingerprint density at radius 3 is 2.73 bits per heavy atom. The average Bonchev–Trinajstić information content (AvgIpc) is 3.05. The third-order valence-corrected chi connectivity index (χ3v) is 7.32. The Morgan fingerprint density at radius 1 is 1.24 bits per heavy atom. The lowest BCUT2D eigenvalue weighted by atomic mass is 9.91. The van der Waals surface area contributed by atoms with E-state index in [1.165, 1.54) is 16.2 Å². The van der Waals surface area contributed by atoms with Crippen molar-refractivity contribution in [2.24, 2.45) is 11.8 Å². The van der Waals surface area contributed by atoms with E-state index in [0.717, 1.165) is 19.5 Å². The molecule has 9 heteroatoms. The molecule has 4 rings (SSSR count). The van der Waals surface area contributed by atoms with Crippen LogP contribution < -0.4 is 10.5 Å². The van der Waals surface area contributed by atoms with Gasteiger partial charge in [0.1, 0.15) is 15.8 Å². The third kappa shape index (κ3) is 5.15. The van der Waals surface area contributed by atoms with Gasteiger partial charge >= 0.3 is 0 Å². The number of aromatic nitrogens is 2. The van der Waals surface area contributed by atoms with Crippen molar-refractivity contribution in [1.82, 2.24) is 14.3 Å². The molecule has 0 N–H and O–H groups in total. The number of anilines is 1. The minimum Gasteiger partial charge on any atom is -0.382 e. The lowest BCUT2D eigenvalue weighted by Crippen LogP contribution is -2.40. The molecule has 0 spiro atoms. The van der Waals surface area contributed by atoms with Gasteiger partial charge in [-0.25, -0.2) is 4.98 Å². The van der Waals surface area contributed by atoms with Crippen LogP contribution in [0.5, 0.6) is 0 Å². The monoisotopic (exact) mass is 486 g/mol. The van der Waals surface area contributed by atoms with Crippen LogP contribution in [0.2, 0.25) is 0 Å². The third-order valence-electron chi connectivity index (χ3n) is 5.94. The summed E-state index contributed by atoms with van der Waals surface area (Å²) in [7, 11) is 0. The molecule has 0 unspecified atom stereocenters. The van der Waals surface area contributed by atoms with Gasteiger partial charge in [0.2, 0.25) is 0 Å². The van der Waals surface area contributed by atoms with E-state index >= 15 is 0 Å². The van der Waals surface area contributed by atoms with Crippen LogP contribution >= 0.6 is 24.0 Å². The SMILES string of the molecule is CCOCCCN1C(=O)/C(=C/c2c(N3C[C@@H](C)C[C@H](C)C3)nc3ccccn3c2=O)SC1=S. The van der Waals surface area contributed by atoms with Crippen molar-refractivity contribution in [1.29, 1.82) is 0 Å². The zero-order valence-electron chi connectivity index (χ0n) is 19.3. The molecule has 7 nitrogen and oxygen atoms in total. The van der Waals surface area contributed by atoms with Gasteiger partial charge in [-0.05, 0) is 49.8 Å². The van der Waals surface area contributed by atoms with Crippen LogP contribution in [0.25, 0.3) is 11.7 Å². The number of ether oxygens (including phenoxy) is 1. The molecule has 2 aliphatic rings. The second-order valence-electron chi connectivity index (χ2n) is 8.82. The fraction of sp³-hybridized carbons (Fsp3) is 0.500. The summed E-state index contributed by atoms with van der Waals surface area (Å²) in [5.41, 5.74) is 0.863. The maximum absolute atomic E-state index is 13.5. The summed E-state index contributed by atoms with van der Waals surface area (Å²) in [6, 6.07) is 5.52. The van der Waals surface area contributed by atoms with Crippen molar-refractivity contribution in [3.8, 4) is 0 Å². The summed E-state index contributed by atoms with van der Waals surface area (Å²) in [6.45, 7) is 9.79. The number of nitrogens with zero attached hydrogens (tertiary/aromatic N) is 4. The van der Waals surface area contributed by atoms with Gasteiger partial charge in [0.15, 0.2) is 0 Å². The van der Waals surface area contributed by atoms with E-state index in [4.69, 9.17) is 21.9 Å². The van der Waals surface area contributed by atoms with E-state index in [1.807, 2.05) is 25.1 Å². The topological polar surface area (TPSA) is 67.2 Å². The largest absolute Gasteiger partial charge is 0.382 e. The number of thiocarbonyl (C=S) groups is 1. The standard InChI is InChI=1S/C24H30N4O3S2/c1-4-31-11-7-10-28-23(30)19(33-24(28)32)13-18-21(26-14-16(2)12-17(3)15-26)25-20-8-5-6-9-27(20)22(18)29/h5-6,8-9,13,16-17H,4,7,10-12,14-15H2,1-3H3/b19-13-/t16-,17-/m0/s1. The maximum Gasteiger partial charge on any atom is 0.267 e. The zero-order valence-corrected chi connectivity index (χ0v) is 21.0. The highest BCUT2D eigenvalue weighted by Crippen LogP contribution is 2.34. The molecule has 2 atom stereocenters. The van der Waals surface area contributed by atoms with Crippen LogP contribution in [-0.2, 0) is 9.53 Å². The summed E-state index contributed by atoms with van der Waals surface area (Å²) in [6.07, 6.45) is 5.27. The molecule has 2 aromatic heterocycles. The molecule has 0 radical (unpaired) electrons. The van der Waals surface area contributed by atoms with E-state index in [2.05, 4.69) is 18.7 Å². The molecule has 0 aromatic carbocycles. The normalized spacial score (nSPS) is 22.7. The molecule has 176 valence electrons. The van der Waals surface area contributed by atoms with Gasteiger partial charge in [-0.1, -0.05) is 43.9 Å². The van der Waals surface area contributed by atoms with Gasteiger partial charge < -0.3 is 9.64 Å². The quantitative estimate of drug-likeness (QED) is 0.335. The number of hydrogen-bond donors (Lipinski definition) is 0. The second-order valence-corrected chi connectivity index (χ2v) is 10.5. The number of pyridine rings is 1. The van der Waals surface area contributed by atoms with Crippen LogP contribution in [0.3, 0.4) is 0 Å². The summed E-state index contributed by atoms with van der Waals surface area (Å²) < 4.78 is 7.43. The highest BCUT2D eigenvalue weighted by atomic mass is 32.2. The molecule has 2 aromatic rings. The Kier molecular flexibility index (Phi) is 7.51. The van der Waals surface area contributed by atoms with Gasteiger partial charge in [0.25, 0.3) is 11.5 Å². The van der Waals surface area contributed by atoms with Crippen LogP contribution in [0, 0.1) is 11.8 Å². The van der Waals surface area contributed by atoms with E-state index in [-0.39, 0.29) is 11.5 Å². The van der Waals surface area contributed by atoms with Crippen LogP contribution in [0.15, 0.2) is 34.1 Å². The Bertz CT molecular complexity index is 1140. The molecule has 2 saturated heterocycles. The highest BCUT2D eigenvalue weighted by molar-refractivity contribution is 8.26. The first-order valence-corrected chi connectivity index (χ1v) is 12.7. The minimum atomic E-state index is -0.178. The molecule has 2 fully saturated rings. The lowest BCUT2D eigenvalue weighted by molar-refractivity contribution is -0.122. The number of carbonyl (C=O) groups is 1. The number of piperidine rings is 1. The van der Waals surface area contributed by atoms with Crippen LogP contribution in [-0.4, -0.2) is 57.4 Å². The van der Waals surface area contributed by atoms with Crippen molar-refractivity contribution in [3.63, 3.8) is 0 Å². The molecule has 0 bridgehead atoms. The van der Waals surface area contributed by atoms with Gasteiger partial charge in [0, 0.05) is 39.0 Å². The molecule has 2 aliphatic heterocycles. The van der Waals surface area contributed by atoms with Gasteiger partial charge in [-0.2, -0.15) is 0 Å². The van der Waals surface area contributed by atoms with Crippen molar-refractivity contribution in [3.05, 3.63) is 45.2 Å². The predicted octanol–water partition coefficient (Wildman–Crippen LogP) is 3.80. The first kappa shape index (κ1) is 23.9. The predicted molar refractivity (Wildman–Crippen MR) is 138 cm³/mol. The Morgan fingerprint density at radius 2 is 2.00 bits per heavy atom. The van der Waals surface area contributed by atoms with Crippen LogP contribution in [0.1, 0.15) is 39.2 Å². The second kappa shape index (κ2) is 10.4. The number of carbonyl (C=O) groups excluding carboxylic acids is 1. The number of hydrogen-bond acceptors (Lipinski definition) is 7. The van der Waals surface area contributed by atoms with Gasteiger partial charge in [-0.15, -0.1) is 0 Å². The van der Waals surface area contributed by atoms with E-state index in [0.29, 0.717) is 64.3 Å². The van der Waals surface area contributed by atoms with Crippen LogP contribution in [0.4, 0.5) is 5.82 Å². The zero-order chi connectivity index (χ0) is 23.5. The van der Waals surface area contributed by atoms with Crippen molar-refractivity contribution in [2.45, 2.75) is 33.6 Å². The van der Waals surface area contributed by atoms with Gasteiger partial charge in [0.05, 0.1) is 10.5 Å². The van der Waals surface area contributed by atoms with E-state index in [1.54, 1.807) is 17.2 Å². The first-order chi connectivity index (χ1) is 15.9.